The summed E-state index contributed by atoms with van der Waals surface area (Å²) in [6.45, 7) is 5.82. The first-order chi connectivity index (χ1) is 9.91. The normalized spacial score (nSPS) is 18.6. The van der Waals surface area contributed by atoms with E-state index >= 15 is 0 Å². The van der Waals surface area contributed by atoms with Gasteiger partial charge in [-0.25, -0.2) is 8.42 Å². The van der Waals surface area contributed by atoms with Crippen LogP contribution in [-0.4, -0.2) is 20.1 Å². The molecule has 5 nitrogen and oxygen atoms in total. The van der Waals surface area contributed by atoms with Gasteiger partial charge in [-0.1, -0.05) is 30.3 Å². The first-order valence-electron chi connectivity index (χ1n) is 6.94. The molecule has 1 atom stereocenters. The van der Waals surface area contributed by atoms with Gasteiger partial charge in [0.1, 0.15) is 5.69 Å². The number of rotatable bonds is 2. The fourth-order valence-electron chi connectivity index (χ4n) is 2.93. The summed E-state index contributed by atoms with van der Waals surface area (Å²) < 4.78 is 32.6. The zero-order valence-corrected chi connectivity index (χ0v) is 13.1. The van der Waals surface area contributed by atoms with E-state index in [1.165, 1.54) is 4.31 Å². The van der Waals surface area contributed by atoms with E-state index in [2.05, 4.69) is 12.1 Å². The van der Waals surface area contributed by atoms with E-state index in [0.29, 0.717) is 18.0 Å². The van der Waals surface area contributed by atoms with Crippen molar-refractivity contribution >= 4 is 15.7 Å². The number of para-hydroxylation sites is 1. The smallest absolute Gasteiger partial charge is 0.269 e. The van der Waals surface area contributed by atoms with E-state index in [1.54, 1.807) is 13.8 Å². The molecule has 0 radical (unpaired) electrons. The number of hydrogen-bond donors (Lipinski definition) is 0. The van der Waals surface area contributed by atoms with Gasteiger partial charge in [0.25, 0.3) is 10.0 Å². The predicted molar refractivity (Wildman–Crippen MR) is 79.8 cm³/mol. The summed E-state index contributed by atoms with van der Waals surface area (Å²) in [7, 11) is -3.65. The Labute approximate surface area is 124 Å². The highest BCUT2D eigenvalue weighted by Crippen LogP contribution is 2.35. The molecular formula is C15H18N2O3S. The Morgan fingerprint density at radius 3 is 2.67 bits per heavy atom. The molecule has 1 aromatic heterocycles. The van der Waals surface area contributed by atoms with Gasteiger partial charge in [0.05, 0.1) is 5.69 Å². The zero-order valence-electron chi connectivity index (χ0n) is 12.3. The number of aryl methyl sites for hydroxylation is 2. The first-order valence-corrected chi connectivity index (χ1v) is 8.38. The number of nitrogens with zero attached hydrogens (tertiary/aromatic N) is 2. The third-order valence-corrected chi connectivity index (χ3v) is 5.85. The van der Waals surface area contributed by atoms with Gasteiger partial charge in [-0.3, -0.25) is 4.31 Å². The van der Waals surface area contributed by atoms with Crippen LogP contribution in [0.3, 0.4) is 0 Å². The Balaban J connectivity index is 2.16. The molecule has 1 unspecified atom stereocenters. The summed E-state index contributed by atoms with van der Waals surface area (Å²) in [5.41, 5.74) is 2.23. The van der Waals surface area contributed by atoms with Crippen LogP contribution in [0.25, 0.3) is 0 Å². The molecule has 0 aliphatic carbocycles. The molecule has 1 aliphatic rings. The van der Waals surface area contributed by atoms with Gasteiger partial charge in [-0.15, -0.1) is 0 Å². The van der Waals surface area contributed by atoms with E-state index < -0.39 is 10.0 Å². The molecule has 0 fully saturated rings. The quantitative estimate of drug-likeness (QED) is 0.855. The molecule has 0 spiro atoms. The lowest BCUT2D eigenvalue weighted by Crippen LogP contribution is -2.39. The summed E-state index contributed by atoms with van der Waals surface area (Å²) in [5, 5.41) is 3.77. The average Bonchev–Trinajstić information content (AvgIpc) is 2.77. The van der Waals surface area contributed by atoms with Crippen molar-refractivity contribution in [3.05, 3.63) is 41.3 Å². The Bertz CT molecular complexity index is 760. The number of hydrogen-bond acceptors (Lipinski definition) is 4. The largest absolute Gasteiger partial charge is 0.360 e. The molecule has 6 heteroatoms. The molecule has 1 aromatic carbocycles. The molecule has 2 heterocycles. The SMILES string of the molecule is Cc1noc(C)c1S(=O)(=O)N1CC(C)Cc2ccccc21. The van der Waals surface area contributed by atoms with Crippen molar-refractivity contribution in [1.29, 1.82) is 0 Å². The third-order valence-electron chi connectivity index (χ3n) is 3.82. The second-order valence-corrected chi connectivity index (χ2v) is 7.43. The fourth-order valence-corrected chi connectivity index (χ4v) is 4.85. The molecule has 3 rings (SSSR count). The zero-order chi connectivity index (χ0) is 15.2. The molecule has 0 saturated heterocycles. The number of sulfonamides is 1. The molecule has 0 saturated carbocycles. The van der Waals surface area contributed by atoms with Crippen LogP contribution in [0.15, 0.2) is 33.7 Å². The maximum atomic E-state index is 13.0. The van der Waals surface area contributed by atoms with E-state index in [4.69, 9.17) is 4.52 Å². The molecule has 2 aromatic rings. The summed E-state index contributed by atoms with van der Waals surface area (Å²) in [5.74, 6) is 0.610. The van der Waals surface area contributed by atoms with Crippen LogP contribution in [0.5, 0.6) is 0 Å². The summed E-state index contributed by atoms with van der Waals surface area (Å²) in [6, 6.07) is 7.65. The van der Waals surface area contributed by atoms with Gasteiger partial charge in [-0.05, 0) is 37.8 Å². The van der Waals surface area contributed by atoms with Crippen molar-refractivity contribution in [2.75, 3.05) is 10.8 Å². The van der Waals surface area contributed by atoms with Crippen LogP contribution in [0.1, 0.15) is 23.9 Å². The molecule has 0 amide bonds. The van der Waals surface area contributed by atoms with Crippen LogP contribution in [-0.2, 0) is 16.4 Å². The lowest BCUT2D eigenvalue weighted by atomic mass is 9.96. The summed E-state index contributed by atoms with van der Waals surface area (Å²) >= 11 is 0. The van der Waals surface area contributed by atoms with Gasteiger partial charge >= 0.3 is 0 Å². The second-order valence-electron chi connectivity index (χ2n) is 5.63. The third kappa shape index (κ3) is 2.23. The predicted octanol–water partition coefficient (Wildman–Crippen LogP) is 2.68. The van der Waals surface area contributed by atoms with Crippen molar-refractivity contribution in [3.63, 3.8) is 0 Å². The standard InChI is InChI=1S/C15H18N2O3S/c1-10-8-13-6-4-5-7-14(13)17(9-10)21(18,19)15-11(2)16-20-12(15)3/h4-7,10H,8-9H2,1-3H3. The van der Waals surface area contributed by atoms with E-state index in [0.717, 1.165) is 17.7 Å². The van der Waals surface area contributed by atoms with Crippen molar-refractivity contribution in [2.45, 2.75) is 32.1 Å². The molecular weight excluding hydrogens is 288 g/mol. The molecule has 0 bridgehead atoms. The highest BCUT2D eigenvalue weighted by atomic mass is 32.2. The highest BCUT2D eigenvalue weighted by Gasteiger charge is 2.35. The maximum absolute atomic E-state index is 13.0. The Morgan fingerprint density at radius 2 is 2.00 bits per heavy atom. The monoisotopic (exact) mass is 306 g/mol. The topological polar surface area (TPSA) is 63.4 Å². The molecule has 0 N–H and O–H groups in total. The van der Waals surface area contributed by atoms with Crippen molar-refractivity contribution in [1.82, 2.24) is 5.16 Å². The van der Waals surface area contributed by atoms with E-state index in [1.807, 2.05) is 24.3 Å². The van der Waals surface area contributed by atoms with Crippen LogP contribution < -0.4 is 4.31 Å². The molecule has 1 aliphatic heterocycles. The second kappa shape index (κ2) is 4.87. The first kappa shape index (κ1) is 14.1. The van der Waals surface area contributed by atoms with Crippen LogP contribution in [0.2, 0.25) is 0 Å². The Morgan fingerprint density at radius 1 is 1.29 bits per heavy atom. The van der Waals surface area contributed by atoms with Crippen LogP contribution in [0.4, 0.5) is 5.69 Å². The van der Waals surface area contributed by atoms with Crippen molar-refractivity contribution < 1.29 is 12.9 Å². The van der Waals surface area contributed by atoms with Crippen LogP contribution in [0, 0.1) is 19.8 Å². The fraction of sp³-hybridized carbons (Fsp3) is 0.400. The lowest BCUT2D eigenvalue weighted by molar-refractivity contribution is 0.390. The lowest BCUT2D eigenvalue weighted by Gasteiger charge is -2.33. The number of anilines is 1. The Hall–Kier alpha value is -1.82. The molecule has 21 heavy (non-hydrogen) atoms. The minimum Gasteiger partial charge on any atom is -0.360 e. The van der Waals surface area contributed by atoms with Crippen molar-refractivity contribution in [2.24, 2.45) is 5.92 Å². The average molecular weight is 306 g/mol. The van der Waals surface area contributed by atoms with Gasteiger partial charge in [0.15, 0.2) is 10.7 Å². The molecule has 112 valence electrons. The number of fused-ring (bicyclic) bond motifs is 1. The maximum Gasteiger partial charge on any atom is 0.269 e. The van der Waals surface area contributed by atoms with Gasteiger partial charge < -0.3 is 4.52 Å². The summed E-state index contributed by atoms with van der Waals surface area (Å²) in [4.78, 5) is 0.186. The number of benzene rings is 1. The highest BCUT2D eigenvalue weighted by molar-refractivity contribution is 7.93. The van der Waals surface area contributed by atoms with Crippen LogP contribution >= 0.6 is 0 Å². The van der Waals surface area contributed by atoms with E-state index in [9.17, 15) is 8.42 Å². The van der Waals surface area contributed by atoms with E-state index in [-0.39, 0.29) is 10.8 Å². The minimum atomic E-state index is -3.65. The van der Waals surface area contributed by atoms with Crippen molar-refractivity contribution in [3.8, 4) is 0 Å². The summed E-state index contributed by atoms with van der Waals surface area (Å²) in [6.07, 6.45) is 0.893. The minimum absolute atomic E-state index is 0.186. The Kier molecular flexibility index (Phi) is 3.28. The van der Waals surface area contributed by atoms with Gasteiger partial charge in [0, 0.05) is 6.54 Å². The number of aromatic nitrogens is 1. The van der Waals surface area contributed by atoms with Gasteiger partial charge in [-0.2, -0.15) is 0 Å². The van der Waals surface area contributed by atoms with Gasteiger partial charge in [0.2, 0.25) is 0 Å².